The second-order valence-electron chi connectivity index (χ2n) is 4.97. The molecule has 0 atom stereocenters. The number of aromatic nitrogens is 4. The number of sulfonamides is 1. The van der Waals surface area contributed by atoms with Gasteiger partial charge in [0.05, 0.1) is 11.4 Å². The number of nitrogens with one attached hydrogen (secondary N) is 2. The summed E-state index contributed by atoms with van der Waals surface area (Å²) in [5.74, 6) is 0.450. The predicted molar refractivity (Wildman–Crippen MR) is 77.3 cm³/mol. The van der Waals surface area contributed by atoms with Crippen molar-refractivity contribution in [2.24, 2.45) is 5.92 Å². The van der Waals surface area contributed by atoms with Crippen molar-refractivity contribution in [2.75, 3.05) is 4.72 Å². The van der Waals surface area contributed by atoms with Crippen LogP contribution in [0.15, 0.2) is 4.90 Å². The van der Waals surface area contributed by atoms with E-state index < -0.39 is 10.0 Å². The lowest BCUT2D eigenvalue weighted by Gasteiger charge is -2.04. The largest absolute Gasteiger partial charge is 0.281 e. The van der Waals surface area contributed by atoms with Gasteiger partial charge in [0, 0.05) is 6.42 Å². The number of hydrogen-bond donors (Lipinski definition) is 2. The second-order valence-corrected chi connectivity index (χ2v) is 7.65. The minimum absolute atomic E-state index is 0.165. The molecule has 0 spiro atoms. The lowest BCUT2D eigenvalue weighted by Crippen LogP contribution is -2.14. The molecule has 0 aromatic carbocycles. The molecule has 0 aliphatic carbocycles. The van der Waals surface area contributed by atoms with E-state index in [1.165, 1.54) is 11.3 Å². The summed E-state index contributed by atoms with van der Waals surface area (Å²) in [6.07, 6.45) is 0.781. The molecule has 0 aliphatic rings. The van der Waals surface area contributed by atoms with Crippen molar-refractivity contribution in [1.82, 2.24) is 20.4 Å². The first kappa shape index (κ1) is 14.9. The van der Waals surface area contributed by atoms with E-state index in [0.717, 1.165) is 11.4 Å². The summed E-state index contributed by atoms with van der Waals surface area (Å²) in [7, 11) is -3.68. The van der Waals surface area contributed by atoms with Gasteiger partial charge in [-0.25, -0.2) is 8.42 Å². The summed E-state index contributed by atoms with van der Waals surface area (Å²) in [5, 5.41) is 15.5. The quantitative estimate of drug-likeness (QED) is 0.877. The average molecular weight is 315 g/mol. The van der Waals surface area contributed by atoms with Gasteiger partial charge in [0.15, 0.2) is 0 Å². The van der Waals surface area contributed by atoms with E-state index in [2.05, 4.69) is 39.0 Å². The van der Waals surface area contributed by atoms with Gasteiger partial charge in [-0.2, -0.15) is 5.10 Å². The van der Waals surface area contributed by atoms with Crippen molar-refractivity contribution in [3.8, 4) is 0 Å². The standard InChI is InChI=1S/C11H17N5O2S2/c1-6(2)5-9-14-15-11(19-9)16-20(17,18)10-7(3)12-13-8(10)4/h6H,5H2,1-4H3,(H,12,13)(H,15,16). The zero-order valence-electron chi connectivity index (χ0n) is 11.8. The van der Waals surface area contributed by atoms with E-state index in [-0.39, 0.29) is 10.0 Å². The summed E-state index contributed by atoms with van der Waals surface area (Å²) < 4.78 is 27.1. The summed E-state index contributed by atoms with van der Waals surface area (Å²) in [5.41, 5.74) is 0.934. The number of aryl methyl sites for hydroxylation is 2. The highest BCUT2D eigenvalue weighted by molar-refractivity contribution is 7.93. The van der Waals surface area contributed by atoms with Gasteiger partial charge in [-0.05, 0) is 19.8 Å². The zero-order chi connectivity index (χ0) is 14.9. The van der Waals surface area contributed by atoms with E-state index in [0.29, 0.717) is 17.3 Å². The Hall–Kier alpha value is -1.48. The number of nitrogens with zero attached hydrogens (tertiary/aromatic N) is 3. The maximum Gasteiger partial charge on any atom is 0.267 e. The number of rotatable bonds is 5. The highest BCUT2D eigenvalue weighted by Gasteiger charge is 2.23. The first-order valence-electron chi connectivity index (χ1n) is 6.16. The highest BCUT2D eigenvalue weighted by Crippen LogP contribution is 2.24. The molecular weight excluding hydrogens is 298 g/mol. The minimum atomic E-state index is -3.68. The third-order valence-electron chi connectivity index (χ3n) is 2.60. The summed E-state index contributed by atoms with van der Waals surface area (Å²) >= 11 is 1.25. The highest BCUT2D eigenvalue weighted by atomic mass is 32.2. The average Bonchev–Trinajstić information content (AvgIpc) is 2.85. The molecule has 2 rings (SSSR count). The Labute approximate surface area is 121 Å². The van der Waals surface area contributed by atoms with E-state index in [1.807, 2.05) is 0 Å². The maximum absolute atomic E-state index is 12.3. The first-order chi connectivity index (χ1) is 9.29. The first-order valence-corrected chi connectivity index (χ1v) is 8.46. The Morgan fingerprint density at radius 3 is 2.55 bits per heavy atom. The normalized spacial score (nSPS) is 12.1. The molecule has 2 aromatic heterocycles. The fourth-order valence-electron chi connectivity index (χ4n) is 1.83. The van der Waals surface area contributed by atoms with Crippen molar-refractivity contribution in [1.29, 1.82) is 0 Å². The summed E-state index contributed by atoms with van der Waals surface area (Å²) in [4.78, 5) is 0.165. The number of anilines is 1. The molecule has 0 amide bonds. The van der Waals surface area contributed by atoms with Crippen LogP contribution >= 0.6 is 11.3 Å². The van der Waals surface area contributed by atoms with Gasteiger partial charge in [0.2, 0.25) is 5.13 Å². The Kier molecular flexibility index (Phi) is 4.09. The van der Waals surface area contributed by atoms with Crippen LogP contribution in [0.5, 0.6) is 0 Å². The third kappa shape index (κ3) is 3.15. The van der Waals surface area contributed by atoms with Crippen molar-refractivity contribution in [3.63, 3.8) is 0 Å². The molecular formula is C11H17N5O2S2. The lowest BCUT2D eigenvalue weighted by atomic mass is 10.1. The van der Waals surface area contributed by atoms with Gasteiger partial charge in [-0.3, -0.25) is 9.82 Å². The molecule has 0 fully saturated rings. The molecule has 2 N–H and O–H groups in total. The molecule has 20 heavy (non-hydrogen) atoms. The van der Waals surface area contributed by atoms with Crippen LogP contribution in [0, 0.1) is 19.8 Å². The molecule has 0 radical (unpaired) electrons. The molecule has 2 aromatic rings. The Morgan fingerprint density at radius 1 is 1.30 bits per heavy atom. The Morgan fingerprint density at radius 2 is 2.00 bits per heavy atom. The van der Waals surface area contributed by atoms with E-state index in [4.69, 9.17) is 0 Å². The second kappa shape index (κ2) is 5.49. The lowest BCUT2D eigenvalue weighted by molar-refractivity contribution is 0.600. The van der Waals surface area contributed by atoms with E-state index >= 15 is 0 Å². The molecule has 0 bridgehead atoms. The Balaban J connectivity index is 2.23. The van der Waals surface area contributed by atoms with Crippen LogP contribution in [-0.4, -0.2) is 28.8 Å². The number of aromatic amines is 1. The molecule has 0 unspecified atom stereocenters. The van der Waals surface area contributed by atoms with Crippen LogP contribution < -0.4 is 4.72 Å². The van der Waals surface area contributed by atoms with Gasteiger partial charge >= 0.3 is 0 Å². The fraction of sp³-hybridized carbons (Fsp3) is 0.545. The van der Waals surface area contributed by atoms with Crippen LogP contribution in [-0.2, 0) is 16.4 Å². The van der Waals surface area contributed by atoms with E-state index in [1.54, 1.807) is 13.8 Å². The molecule has 0 saturated carbocycles. The molecule has 2 heterocycles. The third-order valence-corrected chi connectivity index (χ3v) is 5.19. The van der Waals surface area contributed by atoms with Crippen LogP contribution in [0.3, 0.4) is 0 Å². The summed E-state index contributed by atoms with van der Waals surface area (Å²) in [6.45, 7) is 7.45. The van der Waals surface area contributed by atoms with Gasteiger partial charge in [0.1, 0.15) is 9.90 Å². The van der Waals surface area contributed by atoms with Crippen LogP contribution in [0.4, 0.5) is 5.13 Å². The van der Waals surface area contributed by atoms with Crippen molar-refractivity contribution in [2.45, 2.75) is 39.0 Å². The monoisotopic (exact) mass is 315 g/mol. The molecule has 0 saturated heterocycles. The summed E-state index contributed by atoms with van der Waals surface area (Å²) in [6, 6.07) is 0. The molecule has 110 valence electrons. The van der Waals surface area contributed by atoms with Gasteiger partial charge < -0.3 is 0 Å². The predicted octanol–water partition coefficient (Wildman–Crippen LogP) is 1.88. The zero-order valence-corrected chi connectivity index (χ0v) is 13.4. The fourth-order valence-corrected chi connectivity index (χ4v) is 4.38. The van der Waals surface area contributed by atoms with Gasteiger partial charge in [-0.1, -0.05) is 25.2 Å². The van der Waals surface area contributed by atoms with E-state index in [9.17, 15) is 8.42 Å². The smallest absolute Gasteiger partial charge is 0.267 e. The minimum Gasteiger partial charge on any atom is -0.281 e. The van der Waals surface area contributed by atoms with Crippen molar-refractivity contribution < 1.29 is 8.42 Å². The van der Waals surface area contributed by atoms with Gasteiger partial charge in [-0.15, -0.1) is 10.2 Å². The molecule has 7 nitrogen and oxygen atoms in total. The molecule has 9 heteroatoms. The number of hydrogen-bond acceptors (Lipinski definition) is 6. The van der Waals surface area contributed by atoms with Crippen LogP contribution in [0.2, 0.25) is 0 Å². The molecule has 0 aliphatic heterocycles. The van der Waals surface area contributed by atoms with Gasteiger partial charge in [0.25, 0.3) is 10.0 Å². The topological polar surface area (TPSA) is 101 Å². The SMILES string of the molecule is Cc1n[nH]c(C)c1S(=O)(=O)Nc1nnc(CC(C)C)s1. The van der Waals surface area contributed by atoms with Crippen LogP contribution in [0.25, 0.3) is 0 Å². The maximum atomic E-state index is 12.3. The van der Waals surface area contributed by atoms with Crippen LogP contribution in [0.1, 0.15) is 30.2 Å². The number of H-pyrrole nitrogens is 1. The van der Waals surface area contributed by atoms with Crippen molar-refractivity contribution >= 4 is 26.5 Å². The van der Waals surface area contributed by atoms with Crippen molar-refractivity contribution in [3.05, 3.63) is 16.4 Å². The Bertz CT molecular complexity index is 683.